The third kappa shape index (κ3) is 2.12. The average molecular weight is 199 g/mol. The highest BCUT2D eigenvalue weighted by Gasteiger charge is 2.07. The molecule has 0 unspecified atom stereocenters. The molecule has 0 spiro atoms. The maximum Gasteiger partial charge on any atom is 0.273 e. The summed E-state index contributed by atoms with van der Waals surface area (Å²) in [5.41, 5.74) is 0.0105. The van der Waals surface area contributed by atoms with E-state index in [4.69, 9.17) is 0 Å². The van der Waals surface area contributed by atoms with Crippen molar-refractivity contribution >= 4 is 11.3 Å². The molecule has 0 amide bonds. The van der Waals surface area contributed by atoms with Crippen molar-refractivity contribution in [3.63, 3.8) is 0 Å². The van der Waals surface area contributed by atoms with Crippen LogP contribution in [-0.2, 0) is 0 Å². The summed E-state index contributed by atoms with van der Waals surface area (Å²) in [5.74, 6) is 0. The molecule has 0 N–H and O–H groups in total. The Bertz CT molecular complexity index is 380. The van der Waals surface area contributed by atoms with Gasteiger partial charge in [0.2, 0.25) is 0 Å². The van der Waals surface area contributed by atoms with Crippen molar-refractivity contribution in [2.24, 2.45) is 0 Å². The smallest absolute Gasteiger partial charge is 0.258 e. The third-order valence-electron chi connectivity index (χ3n) is 1.79. The van der Waals surface area contributed by atoms with Crippen molar-refractivity contribution in [3.05, 3.63) is 46.0 Å². The van der Waals surface area contributed by atoms with Crippen LogP contribution in [0.5, 0.6) is 0 Å². The van der Waals surface area contributed by atoms with Crippen LogP contribution in [0.3, 0.4) is 0 Å². The maximum absolute atomic E-state index is 12.1. The van der Waals surface area contributed by atoms with Crippen molar-refractivity contribution in [1.82, 2.24) is 0 Å². The fraction of sp³-hybridized carbons (Fsp3) is 0.111. The lowest BCUT2D eigenvalue weighted by Crippen LogP contribution is -1.88. The van der Waals surface area contributed by atoms with Gasteiger partial charge in [-0.2, -0.15) is 8.78 Å². The van der Waals surface area contributed by atoms with Gasteiger partial charge in [0.1, 0.15) is 0 Å². The van der Waals surface area contributed by atoms with Crippen LogP contribution in [-0.4, -0.2) is 4.92 Å². The average Bonchev–Trinajstić information content (AvgIpc) is 2.16. The molecule has 1 aromatic carbocycles. The monoisotopic (exact) mass is 199 g/mol. The zero-order chi connectivity index (χ0) is 10.7. The molecule has 1 rings (SSSR count). The molecule has 0 bridgehead atoms. The number of non-ortho nitro benzene ring substituents is 1. The van der Waals surface area contributed by atoms with Gasteiger partial charge in [-0.15, -0.1) is 0 Å². The number of hydrogen-bond acceptors (Lipinski definition) is 2. The van der Waals surface area contributed by atoms with E-state index in [0.29, 0.717) is 0 Å². The first-order chi connectivity index (χ1) is 6.52. The molecule has 0 fully saturated rings. The van der Waals surface area contributed by atoms with Gasteiger partial charge < -0.3 is 0 Å². The molecule has 0 aliphatic carbocycles. The summed E-state index contributed by atoms with van der Waals surface area (Å²) in [6.45, 7) is 1.26. The molecule has 0 aliphatic rings. The Labute approximate surface area is 78.8 Å². The summed E-state index contributed by atoms with van der Waals surface area (Å²) in [6.07, 6.45) is -1.78. The number of benzene rings is 1. The zero-order valence-electron chi connectivity index (χ0n) is 7.33. The molecule has 14 heavy (non-hydrogen) atoms. The zero-order valence-corrected chi connectivity index (χ0v) is 7.33. The van der Waals surface area contributed by atoms with E-state index in [0.717, 1.165) is 0 Å². The molecule has 0 aromatic heterocycles. The number of hydrogen-bond donors (Lipinski definition) is 0. The summed E-state index contributed by atoms with van der Waals surface area (Å²) in [7, 11) is 0. The second-order valence-electron chi connectivity index (χ2n) is 2.69. The molecule has 0 atom stereocenters. The number of nitro benzene ring substituents is 1. The van der Waals surface area contributed by atoms with Crippen LogP contribution < -0.4 is 0 Å². The van der Waals surface area contributed by atoms with Gasteiger partial charge >= 0.3 is 0 Å². The lowest BCUT2D eigenvalue weighted by molar-refractivity contribution is -0.384. The highest BCUT2D eigenvalue weighted by Crippen LogP contribution is 2.22. The Morgan fingerprint density at radius 1 is 1.29 bits per heavy atom. The van der Waals surface area contributed by atoms with Crippen molar-refractivity contribution < 1.29 is 13.7 Å². The second kappa shape index (κ2) is 3.95. The summed E-state index contributed by atoms with van der Waals surface area (Å²) in [5, 5.41) is 10.3. The van der Waals surface area contributed by atoms with Crippen LogP contribution in [0.2, 0.25) is 0 Å². The maximum atomic E-state index is 12.1. The van der Waals surface area contributed by atoms with Crippen LogP contribution >= 0.6 is 0 Å². The third-order valence-corrected chi connectivity index (χ3v) is 1.79. The Balaban J connectivity index is 3.06. The summed E-state index contributed by atoms with van der Waals surface area (Å²) in [4.78, 5) is 9.69. The minimum Gasteiger partial charge on any atom is -0.258 e. The molecule has 5 heteroatoms. The van der Waals surface area contributed by atoms with Gasteiger partial charge in [0.15, 0.2) is 0 Å². The van der Waals surface area contributed by atoms with E-state index in [1.54, 1.807) is 0 Å². The highest BCUT2D eigenvalue weighted by molar-refractivity contribution is 5.65. The number of rotatable bonds is 2. The Morgan fingerprint density at radius 2 is 1.79 bits per heavy atom. The van der Waals surface area contributed by atoms with E-state index in [1.165, 1.54) is 31.2 Å². The quantitative estimate of drug-likeness (QED) is 0.542. The largest absolute Gasteiger partial charge is 0.273 e. The van der Waals surface area contributed by atoms with Crippen LogP contribution in [0, 0.1) is 10.1 Å². The van der Waals surface area contributed by atoms with E-state index in [2.05, 4.69) is 0 Å². The van der Waals surface area contributed by atoms with Crippen LogP contribution in [0.15, 0.2) is 30.3 Å². The predicted octanol–water partition coefficient (Wildman–Crippen LogP) is 3.22. The Hall–Kier alpha value is -1.78. The van der Waals surface area contributed by atoms with E-state index < -0.39 is 11.0 Å². The number of nitro groups is 1. The molecule has 0 radical (unpaired) electrons. The molecule has 0 saturated heterocycles. The molecule has 0 saturated carbocycles. The van der Waals surface area contributed by atoms with Gasteiger partial charge in [-0.25, -0.2) is 0 Å². The fourth-order valence-corrected chi connectivity index (χ4v) is 0.942. The SMILES string of the molecule is CC(=C(F)F)c1ccc([N+](=O)[O-])cc1. The van der Waals surface area contributed by atoms with Crippen LogP contribution in [0.4, 0.5) is 14.5 Å². The van der Waals surface area contributed by atoms with Crippen LogP contribution in [0.25, 0.3) is 5.57 Å². The molecular weight excluding hydrogens is 192 g/mol. The lowest BCUT2D eigenvalue weighted by atomic mass is 10.1. The summed E-state index contributed by atoms with van der Waals surface area (Å²) in [6, 6.07) is 4.99. The standard InChI is InChI=1S/C9H7F2NO2/c1-6(9(10)11)7-2-4-8(5-3-7)12(13)14/h2-5H,1H3. The summed E-state index contributed by atoms with van der Waals surface area (Å²) >= 11 is 0. The predicted molar refractivity (Wildman–Crippen MR) is 47.9 cm³/mol. The molecule has 0 aliphatic heterocycles. The van der Waals surface area contributed by atoms with Gasteiger partial charge in [-0.05, 0) is 24.6 Å². The number of allylic oxidation sites excluding steroid dienone is 1. The van der Waals surface area contributed by atoms with Gasteiger partial charge in [0, 0.05) is 17.7 Å². The van der Waals surface area contributed by atoms with E-state index in [-0.39, 0.29) is 16.8 Å². The first-order valence-corrected chi connectivity index (χ1v) is 3.79. The van der Waals surface area contributed by atoms with E-state index >= 15 is 0 Å². The Kier molecular flexibility index (Phi) is 2.91. The molecule has 0 heterocycles. The minimum atomic E-state index is -1.78. The second-order valence-corrected chi connectivity index (χ2v) is 2.69. The van der Waals surface area contributed by atoms with Crippen LogP contribution in [0.1, 0.15) is 12.5 Å². The van der Waals surface area contributed by atoms with Crippen molar-refractivity contribution in [2.75, 3.05) is 0 Å². The van der Waals surface area contributed by atoms with E-state index in [9.17, 15) is 18.9 Å². The van der Waals surface area contributed by atoms with Gasteiger partial charge in [0.05, 0.1) is 4.92 Å². The Morgan fingerprint density at radius 3 is 2.14 bits per heavy atom. The van der Waals surface area contributed by atoms with Crippen molar-refractivity contribution in [2.45, 2.75) is 6.92 Å². The highest BCUT2D eigenvalue weighted by atomic mass is 19.3. The van der Waals surface area contributed by atoms with Gasteiger partial charge in [-0.1, -0.05) is 0 Å². The van der Waals surface area contributed by atoms with Gasteiger partial charge in [-0.3, -0.25) is 10.1 Å². The first kappa shape index (κ1) is 10.3. The van der Waals surface area contributed by atoms with Crippen molar-refractivity contribution in [3.8, 4) is 0 Å². The minimum absolute atomic E-state index is 0.110. The lowest BCUT2D eigenvalue weighted by Gasteiger charge is -1.98. The first-order valence-electron chi connectivity index (χ1n) is 3.79. The van der Waals surface area contributed by atoms with Gasteiger partial charge in [0.25, 0.3) is 11.8 Å². The number of nitrogens with zero attached hydrogens (tertiary/aromatic N) is 1. The molecule has 74 valence electrons. The summed E-state index contributed by atoms with van der Waals surface area (Å²) < 4.78 is 24.2. The molecular formula is C9H7F2NO2. The van der Waals surface area contributed by atoms with E-state index in [1.807, 2.05) is 0 Å². The molecule has 3 nitrogen and oxygen atoms in total. The normalized spacial score (nSPS) is 9.64. The number of halogens is 2. The fourth-order valence-electron chi connectivity index (χ4n) is 0.942. The van der Waals surface area contributed by atoms with Crippen molar-refractivity contribution in [1.29, 1.82) is 0 Å². The molecule has 1 aromatic rings. The topological polar surface area (TPSA) is 43.1 Å².